The summed E-state index contributed by atoms with van der Waals surface area (Å²) in [7, 11) is -1.89. The molecule has 0 unspecified atom stereocenters. The van der Waals surface area contributed by atoms with Gasteiger partial charge in [0.1, 0.15) is 4.90 Å². The third kappa shape index (κ3) is 2.33. The van der Waals surface area contributed by atoms with Gasteiger partial charge in [-0.05, 0) is 24.6 Å². The number of nitrogens with zero attached hydrogens (tertiary/aromatic N) is 1. The highest BCUT2D eigenvalue weighted by Crippen LogP contribution is 2.26. The third-order valence-corrected chi connectivity index (χ3v) is 5.41. The number of halogens is 1. The number of rotatable bonds is 3. The van der Waals surface area contributed by atoms with Gasteiger partial charge in [0.15, 0.2) is 0 Å². The van der Waals surface area contributed by atoms with E-state index in [9.17, 15) is 8.42 Å². The maximum atomic E-state index is 12.3. The summed E-state index contributed by atoms with van der Waals surface area (Å²) in [4.78, 5) is 0.180. The Morgan fingerprint density at radius 2 is 2.06 bits per heavy atom. The number of benzene rings is 1. The summed E-state index contributed by atoms with van der Waals surface area (Å²) in [5.41, 5.74) is 0.946. The van der Waals surface area contributed by atoms with Crippen molar-refractivity contribution in [1.29, 1.82) is 0 Å². The van der Waals surface area contributed by atoms with E-state index in [2.05, 4.69) is 5.32 Å². The molecule has 1 N–H and O–H groups in total. The van der Waals surface area contributed by atoms with E-state index < -0.39 is 10.0 Å². The third-order valence-electron chi connectivity index (χ3n) is 3.02. The summed E-state index contributed by atoms with van der Waals surface area (Å²) in [5.74, 6) is 0. The zero-order chi connectivity index (χ0) is 12.6. The summed E-state index contributed by atoms with van der Waals surface area (Å²) < 4.78 is 26.0. The normalized spacial score (nSPS) is 17.2. The number of nitrogens with one attached hydrogen (secondary N) is 1. The molecule has 4 nitrogen and oxygen atoms in total. The van der Waals surface area contributed by atoms with Crippen molar-refractivity contribution in [3.05, 3.63) is 28.8 Å². The highest BCUT2D eigenvalue weighted by atomic mass is 35.5. The van der Waals surface area contributed by atoms with Gasteiger partial charge in [0.05, 0.1) is 5.02 Å². The molecule has 0 bridgehead atoms. The highest BCUT2D eigenvalue weighted by Gasteiger charge is 2.32. The smallest absolute Gasteiger partial charge is 0.244 e. The first-order chi connectivity index (χ1) is 7.93. The molecule has 0 amide bonds. The number of sulfonamides is 1. The largest absolute Gasteiger partial charge is 0.313 e. The second kappa shape index (κ2) is 4.57. The minimum absolute atomic E-state index is 0.0253. The molecule has 1 heterocycles. The minimum Gasteiger partial charge on any atom is -0.313 e. The maximum absolute atomic E-state index is 12.3. The standard InChI is InChI=1S/C11H15ClN2O2S/c1-8-3-4-11(10(12)5-8)17(15,16)14(2)9-6-13-7-9/h3-5,9,13H,6-7H2,1-2H3. The second-order valence-electron chi connectivity index (χ2n) is 4.27. The monoisotopic (exact) mass is 274 g/mol. The molecule has 1 aliphatic rings. The topological polar surface area (TPSA) is 49.4 Å². The number of likely N-dealkylation sites (N-methyl/N-ethyl adjacent to an activating group) is 1. The van der Waals surface area contributed by atoms with Gasteiger partial charge in [-0.25, -0.2) is 8.42 Å². The summed E-state index contributed by atoms with van der Waals surface area (Å²) >= 11 is 6.00. The van der Waals surface area contributed by atoms with Crippen molar-refractivity contribution in [2.45, 2.75) is 17.9 Å². The number of hydrogen-bond donors (Lipinski definition) is 1. The van der Waals surface area contributed by atoms with Crippen molar-refractivity contribution in [3.8, 4) is 0 Å². The predicted octanol–water partition coefficient (Wildman–Crippen LogP) is 1.24. The Kier molecular flexibility index (Phi) is 3.45. The van der Waals surface area contributed by atoms with Crippen molar-refractivity contribution in [2.24, 2.45) is 0 Å². The molecule has 1 saturated heterocycles. The lowest BCUT2D eigenvalue weighted by Crippen LogP contribution is -2.57. The Hall–Kier alpha value is -0.620. The van der Waals surface area contributed by atoms with Gasteiger partial charge in [0.2, 0.25) is 10.0 Å². The van der Waals surface area contributed by atoms with Crippen LogP contribution >= 0.6 is 11.6 Å². The van der Waals surface area contributed by atoms with Crippen LogP contribution in [-0.2, 0) is 10.0 Å². The molecule has 0 aromatic heterocycles. The molecule has 0 spiro atoms. The molecule has 94 valence electrons. The molecule has 0 radical (unpaired) electrons. The second-order valence-corrected chi connectivity index (χ2v) is 6.64. The van der Waals surface area contributed by atoms with Crippen LogP contribution in [0.1, 0.15) is 5.56 Å². The molecular weight excluding hydrogens is 260 g/mol. The van der Waals surface area contributed by atoms with Crippen molar-refractivity contribution in [2.75, 3.05) is 20.1 Å². The highest BCUT2D eigenvalue weighted by molar-refractivity contribution is 7.89. The molecule has 17 heavy (non-hydrogen) atoms. The Bertz CT molecular complexity index is 526. The average molecular weight is 275 g/mol. The van der Waals surface area contributed by atoms with Gasteiger partial charge in [0.25, 0.3) is 0 Å². The quantitative estimate of drug-likeness (QED) is 0.902. The minimum atomic E-state index is -3.49. The molecule has 0 atom stereocenters. The molecule has 1 aliphatic heterocycles. The Morgan fingerprint density at radius 1 is 1.41 bits per heavy atom. The van der Waals surface area contributed by atoms with E-state index in [1.54, 1.807) is 25.2 Å². The van der Waals surface area contributed by atoms with Crippen molar-refractivity contribution >= 4 is 21.6 Å². The van der Waals surface area contributed by atoms with E-state index >= 15 is 0 Å². The van der Waals surface area contributed by atoms with Crippen LogP contribution in [0.25, 0.3) is 0 Å². The lowest BCUT2D eigenvalue weighted by molar-refractivity contribution is 0.274. The zero-order valence-corrected chi connectivity index (χ0v) is 11.3. The molecule has 1 aromatic carbocycles. The van der Waals surface area contributed by atoms with E-state index in [0.717, 1.165) is 5.56 Å². The fourth-order valence-electron chi connectivity index (χ4n) is 1.70. The van der Waals surface area contributed by atoms with Gasteiger partial charge in [-0.15, -0.1) is 0 Å². The summed E-state index contributed by atoms with van der Waals surface area (Å²) in [5, 5.41) is 3.33. The molecule has 0 aliphatic carbocycles. The van der Waals surface area contributed by atoms with E-state index in [0.29, 0.717) is 13.1 Å². The van der Waals surface area contributed by atoms with E-state index in [1.165, 1.54) is 4.31 Å². The van der Waals surface area contributed by atoms with Gasteiger partial charge < -0.3 is 5.32 Å². The number of hydrogen-bond acceptors (Lipinski definition) is 3. The van der Waals surface area contributed by atoms with Gasteiger partial charge >= 0.3 is 0 Å². The van der Waals surface area contributed by atoms with Crippen LogP contribution in [-0.4, -0.2) is 38.9 Å². The number of aryl methyl sites for hydroxylation is 1. The first kappa shape index (κ1) is 12.8. The average Bonchev–Trinajstić information content (AvgIpc) is 2.13. The Balaban J connectivity index is 2.36. The predicted molar refractivity (Wildman–Crippen MR) is 67.8 cm³/mol. The van der Waals surface area contributed by atoms with Crippen LogP contribution in [0.15, 0.2) is 23.1 Å². The Labute approximate surface area is 107 Å². The Morgan fingerprint density at radius 3 is 2.53 bits per heavy atom. The molecule has 0 saturated carbocycles. The summed E-state index contributed by atoms with van der Waals surface area (Å²) in [6.45, 7) is 3.26. The van der Waals surface area contributed by atoms with E-state index in [4.69, 9.17) is 11.6 Å². The fourth-order valence-corrected chi connectivity index (χ4v) is 3.62. The van der Waals surface area contributed by atoms with Crippen LogP contribution in [0.3, 0.4) is 0 Å². The van der Waals surface area contributed by atoms with Crippen LogP contribution in [0.2, 0.25) is 5.02 Å². The fraction of sp³-hybridized carbons (Fsp3) is 0.455. The van der Waals surface area contributed by atoms with Crippen LogP contribution in [0.5, 0.6) is 0 Å². The van der Waals surface area contributed by atoms with Crippen LogP contribution < -0.4 is 5.32 Å². The maximum Gasteiger partial charge on any atom is 0.244 e. The zero-order valence-electron chi connectivity index (χ0n) is 9.77. The van der Waals surface area contributed by atoms with Gasteiger partial charge in [-0.1, -0.05) is 17.7 Å². The molecule has 1 aromatic rings. The van der Waals surface area contributed by atoms with E-state index in [1.807, 2.05) is 6.92 Å². The van der Waals surface area contributed by atoms with Crippen LogP contribution in [0, 0.1) is 6.92 Å². The van der Waals surface area contributed by atoms with Gasteiger partial charge in [-0.2, -0.15) is 4.31 Å². The summed E-state index contributed by atoms with van der Waals surface area (Å²) in [6.07, 6.45) is 0. The van der Waals surface area contributed by atoms with Crippen molar-refractivity contribution in [1.82, 2.24) is 9.62 Å². The molecular formula is C11H15ClN2O2S. The van der Waals surface area contributed by atoms with Crippen molar-refractivity contribution in [3.63, 3.8) is 0 Å². The first-order valence-electron chi connectivity index (χ1n) is 5.38. The van der Waals surface area contributed by atoms with Gasteiger partial charge in [-0.3, -0.25) is 0 Å². The molecule has 2 rings (SSSR count). The van der Waals surface area contributed by atoms with Gasteiger partial charge in [0, 0.05) is 26.2 Å². The lowest BCUT2D eigenvalue weighted by atomic mass is 10.2. The molecule has 6 heteroatoms. The first-order valence-corrected chi connectivity index (χ1v) is 7.19. The van der Waals surface area contributed by atoms with Crippen LogP contribution in [0.4, 0.5) is 0 Å². The SMILES string of the molecule is Cc1ccc(S(=O)(=O)N(C)C2CNC2)c(Cl)c1. The lowest BCUT2D eigenvalue weighted by Gasteiger charge is -2.34. The van der Waals surface area contributed by atoms with E-state index in [-0.39, 0.29) is 16.0 Å². The van der Waals surface area contributed by atoms with Crippen molar-refractivity contribution < 1.29 is 8.42 Å². The summed E-state index contributed by atoms with van der Waals surface area (Å²) in [6, 6.07) is 5.01. The molecule has 1 fully saturated rings.